The molecular weight excluding hydrogens is 524 g/mol. The zero-order valence-corrected chi connectivity index (χ0v) is 26.1. The molecule has 7 nitrogen and oxygen atoms in total. The van der Waals surface area contributed by atoms with Crippen molar-refractivity contribution in [2.24, 2.45) is 0 Å². The van der Waals surface area contributed by atoms with Crippen LogP contribution in [0.5, 0.6) is 0 Å². The monoisotopic (exact) mass is 566 g/mol. The van der Waals surface area contributed by atoms with Crippen molar-refractivity contribution in [2.45, 2.75) is 92.4 Å². The summed E-state index contributed by atoms with van der Waals surface area (Å²) in [5, 5.41) is 0. The third-order valence-corrected chi connectivity index (χ3v) is 9.07. The van der Waals surface area contributed by atoms with Gasteiger partial charge in [-0.05, 0) is 99.1 Å². The molecule has 2 atom stereocenters. The molecule has 5 rings (SSSR count). The molecule has 5 heterocycles. The molecule has 0 unspecified atom stereocenters. The third-order valence-electron chi connectivity index (χ3n) is 9.07. The first kappa shape index (κ1) is 29.5. The standard InChI is InChI=1S/C35H42N4O3/c1-9-23-20(5)28-15-27-18(3)13-31(36-27)26(14-19(4)40)35-25(11-12-34(41)42-8)22(7)30(39-35)16-29-21(6)24(10-2)33(38-29)17-32(23)37-28/h13,15-17,22,25,37-38H,9-12,14H2,1-8H3/t22-,25-/m1/s1. The molecule has 3 aromatic heterocycles. The van der Waals surface area contributed by atoms with Crippen LogP contribution in [0.3, 0.4) is 0 Å². The molecule has 0 amide bonds. The number of fused-ring (bicyclic) bond motifs is 8. The van der Waals surface area contributed by atoms with Gasteiger partial charge in [0.15, 0.2) is 0 Å². The minimum atomic E-state index is -0.246. The van der Waals surface area contributed by atoms with Gasteiger partial charge in [-0.15, -0.1) is 0 Å². The van der Waals surface area contributed by atoms with Gasteiger partial charge in [-0.25, -0.2) is 4.98 Å². The molecular formula is C35H42N4O3. The number of aromatic nitrogens is 4. The second-order valence-corrected chi connectivity index (χ2v) is 11.8. The number of aryl methyl sites for hydroxylation is 4. The first-order chi connectivity index (χ1) is 20.1. The summed E-state index contributed by atoms with van der Waals surface area (Å²) in [5.74, 6) is -0.193. The molecule has 2 N–H and O–H groups in total. The maximum Gasteiger partial charge on any atom is 0.305 e. The lowest BCUT2D eigenvalue weighted by Gasteiger charge is -2.17. The normalized spacial score (nSPS) is 16.4. The first-order valence-corrected chi connectivity index (χ1v) is 15.1. The number of rotatable bonds is 7. The van der Waals surface area contributed by atoms with E-state index in [4.69, 9.17) is 14.7 Å². The van der Waals surface area contributed by atoms with Crippen molar-refractivity contribution in [3.8, 4) is 0 Å². The van der Waals surface area contributed by atoms with Gasteiger partial charge in [0.25, 0.3) is 0 Å². The number of carbonyl (C=O) groups is 2. The van der Waals surface area contributed by atoms with Crippen molar-refractivity contribution in [1.82, 2.24) is 19.9 Å². The number of nitrogens with zero attached hydrogens (tertiary/aromatic N) is 2. The van der Waals surface area contributed by atoms with E-state index < -0.39 is 0 Å². The van der Waals surface area contributed by atoms with E-state index in [1.807, 2.05) is 0 Å². The van der Waals surface area contributed by atoms with E-state index in [9.17, 15) is 9.59 Å². The van der Waals surface area contributed by atoms with Gasteiger partial charge in [0.1, 0.15) is 5.78 Å². The molecule has 0 fully saturated rings. The Balaban J connectivity index is 1.93. The molecule has 0 aromatic carbocycles. The zero-order valence-electron chi connectivity index (χ0n) is 26.1. The van der Waals surface area contributed by atoms with Crippen LogP contribution < -0.4 is 0 Å². The predicted octanol–water partition coefficient (Wildman–Crippen LogP) is 7.59. The number of nitrogens with one attached hydrogen (secondary N) is 2. The fourth-order valence-electron chi connectivity index (χ4n) is 6.61. The molecule has 3 aromatic rings. The number of ketones is 1. The molecule has 0 aliphatic carbocycles. The van der Waals surface area contributed by atoms with Gasteiger partial charge in [-0.2, -0.15) is 0 Å². The first-order valence-electron chi connectivity index (χ1n) is 15.1. The van der Waals surface area contributed by atoms with Crippen molar-refractivity contribution in [3.05, 3.63) is 68.8 Å². The van der Waals surface area contributed by atoms with E-state index in [1.165, 1.54) is 29.4 Å². The van der Waals surface area contributed by atoms with E-state index in [2.05, 4.69) is 75.8 Å². The Morgan fingerprint density at radius 3 is 2.07 bits per heavy atom. The number of hydrogen-bond acceptors (Lipinski definition) is 5. The van der Waals surface area contributed by atoms with E-state index in [-0.39, 0.29) is 36.4 Å². The molecule has 220 valence electrons. The van der Waals surface area contributed by atoms with Crippen molar-refractivity contribution < 1.29 is 14.3 Å². The Kier molecular flexibility index (Phi) is 8.22. The number of carbonyl (C=O) groups excluding carboxylic acids is 2. The third kappa shape index (κ3) is 5.33. The minimum Gasteiger partial charge on any atom is -0.469 e. The van der Waals surface area contributed by atoms with E-state index in [0.29, 0.717) is 6.42 Å². The molecule has 7 heteroatoms. The summed E-state index contributed by atoms with van der Waals surface area (Å²) in [5.41, 5.74) is 14.6. The number of esters is 1. The van der Waals surface area contributed by atoms with E-state index in [0.717, 1.165) is 68.8 Å². The summed E-state index contributed by atoms with van der Waals surface area (Å²) in [6, 6.07) is 6.51. The van der Waals surface area contributed by atoms with Crippen LogP contribution in [0.15, 0.2) is 18.2 Å². The highest BCUT2D eigenvalue weighted by Gasteiger charge is 2.33. The Morgan fingerprint density at radius 1 is 0.881 bits per heavy atom. The van der Waals surface area contributed by atoms with Gasteiger partial charge in [-0.3, -0.25) is 14.6 Å². The highest BCUT2D eigenvalue weighted by atomic mass is 16.5. The average Bonchev–Trinajstić information content (AvgIpc) is 3.65. The number of Topliss-reactive ketones (excluding diaryl/α,β-unsaturated/α-hetero) is 1. The molecule has 0 saturated carbocycles. The molecule has 2 aliphatic heterocycles. The van der Waals surface area contributed by atoms with Crippen molar-refractivity contribution in [3.63, 3.8) is 0 Å². The van der Waals surface area contributed by atoms with Crippen LogP contribution in [0.4, 0.5) is 0 Å². The average molecular weight is 567 g/mol. The van der Waals surface area contributed by atoms with Crippen molar-refractivity contribution in [1.29, 1.82) is 0 Å². The van der Waals surface area contributed by atoms with Crippen LogP contribution in [-0.4, -0.2) is 38.8 Å². The van der Waals surface area contributed by atoms with Crippen molar-refractivity contribution in [2.75, 3.05) is 7.11 Å². The topological polar surface area (TPSA) is 101 Å². The van der Waals surface area contributed by atoms with Crippen LogP contribution in [0.25, 0.3) is 33.7 Å². The SMILES string of the molecule is CCc1c(C)c2cc3nc(c(CC(C)=O)c4nc(cc5[nH]c(cc1[nH]2)c(CC)c5C)[C@H](C)[C@H]4CCC(=O)OC)C=C3C. The molecule has 8 bridgehead atoms. The van der Waals surface area contributed by atoms with E-state index >= 15 is 0 Å². The quantitative estimate of drug-likeness (QED) is 0.287. The summed E-state index contributed by atoms with van der Waals surface area (Å²) >= 11 is 0. The lowest BCUT2D eigenvalue weighted by atomic mass is 9.84. The molecule has 0 saturated heterocycles. The van der Waals surface area contributed by atoms with Crippen LogP contribution in [0, 0.1) is 13.8 Å². The van der Waals surface area contributed by atoms with Crippen LogP contribution in [-0.2, 0) is 33.6 Å². The predicted molar refractivity (Wildman–Crippen MR) is 170 cm³/mol. The van der Waals surface area contributed by atoms with Crippen molar-refractivity contribution >= 4 is 45.5 Å². The van der Waals surface area contributed by atoms with Gasteiger partial charge >= 0.3 is 5.97 Å². The number of allylic oxidation sites excluding steroid dienone is 1. The van der Waals surface area contributed by atoms with Gasteiger partial charge in [0, 0.05) is 58.0 Å². The smallest absolute Gasteiger partial charge is 0.305 e. The fourth-order valence-corrected chi connectivity index (χ4v) is 6.61. The number of ether oxygens (including phenoxy) is 1. The van der Waals surface area contributed by atoms with Gasteiger partial charge < -0.3 is 14.7 Å². The maximum absolute atomic E-state index is 12.6. The highest BCUT2D eigenvalue weighted by molar-refractivity contribution is 5.87. The van der Waals surface area contributed by atoms with Gasteiger partial charge in [0.05, 0.1) is 24.2 Å². The van der Waals surface area contributed by atoms with Gasteiger partial charge in [0.2, 0.25) is 0 Å². The second kappa shape index (κ2) is 11.7. The Labute approximate surface area is 247 Å². The van der Waals surface area contributed by atoms with Crippen LogP contribution >= 0.6 is 0 Å². The zero-order chi connectivity index (χ0) is 30.3. The fraction of sp³-hybridized carbons (Fsp3) is 0.429. The summed E-state index contributed by atoms with van der Waals surface area (Å²) in [6.07, 6.45) is 4.98. The number of hydrogen-bond donors (Lipinski definition) is 2. The number of methoxy groups -OCH3 is 1. The highest BCUT2D eigenvalue weighted by Crippen LogP contribution is 2.42. The molecule has 0 spiro atoms. The molecule has 0 radical (unpaired) electrons. The largest absolute Gasteiger partial charge is 0.469 e. The summed E-state index contributed by atoms with van der Waals surface area (Å²) < 4.78 is 4.98. The summed E-state index contributed by atoms with van der Waals surface area (Å²) in [4.78, 5) is 42.5. The lowest BCUT2D eigenvalue weighted by Crippen LogP contribution is -2.11. The van der Waals surface area contributed by atoms with Gasteiger partial charge in [-0.1, -0.05) is 20.8 Å². The van der Waals surface area contributed by atoms with E-state index in [1.54, 1.807) is 6.92 Å². The number of aromatic amines is 2. The minimum absolute atomic E-state index is 0.0448. The number of H-pyrrole nitrogens is 2. The maximum atomic E-state index is 12.6. The summed E-state index contributed by atoms with van der Waals surface area (Å²) in [7, 11) is 1.42. The Bertz CT molecular complexity index is 1770. The Morgan fingerprint density at radius 2 is 1.50 bits per heavy atom. The Hall–Kier alpha value is -4.00. The summed E-state index contributed by atoms with van der Waals surface area (Å²) in [6.45, 7) is 14.5. The van der Waals surface area contributed by atoms with Crippen LogP contribution in [0.2, 0.25) is 0 Å². The second-order valence-electron chi connectivity index (χ2n) is 11.8. The lowest BCUT2D eigenvalue weighted by molar-refractivity contribution is -0.140. The molecule has 42 heavy (non-hydrogen) atoms. The van der Waals surface area contributed by atoms with Crippen LogP contribution in [0.1, 0.15) is 110 Å². The molecule has 2 aliphatic rings.